The lowest BCUT2D eigenvalue weighted by atomic mass is 9.42. The molecular formula is C82H131BrN6O10. The van der Waals surface area contributed by atoms with Crippen LogP contribution in [0.25, 0.3) is 0 Å². The zero-order valence-electron chi connectivity index (χ0n) is 62.6. The molecule has 99 heavy (non-hydrogen) atoms. The summed E-state index contributed by atoms with van der Waals surface area (Å²) in [5, 5.41) is 67.4. The van der Waals surface area contributed by atoms with Gasteiger partial charge in [0.25, 0.3) is 0 Å². The number of nitrogens with zero attached hydrogens (tertiary/aromatic N) is 5. The predicted molar refractivity (Wildman–Crippen MR) is 389 cm³/mol. The molecule has 2 aromatic heterocycles. The quantitative estimate of drug-likeness (QED) is 0.124. The predicted octanol–water partition coefficient (Wildman–Crippen LogP) is 15.2. The number of hydrogen-bond acceptors (Lipinski definition) is 14. The van der Waals surface area contributed by atoms with Gasteiger partial charge in [-0.3, -0.25) is 24.2 Å². The summed E-state index contributed by atoms with van der Waals surface area (Å²) in [7, 11) is 6.50. The SMILES string of the molecule is C.CO.COC[C@H]1C[C@H]2C[C@](C)(O)CC[C@]2(C)[C@H]2CC[C@]3(C)[C@@H](C(=O)CBr)CC[C@H]3[C@H]12.COC[C@H]1C[C@H]2C[C@](C)(O)CC[C@]2(C)[C@H]2CC[C@]3(C)[C@@H](C(=O)Cn4cc(C#N)cn4)CC[C@H]3[C@H]12.COC[C@H]1C[C@H]2C[C@](C)(O)CC[C@]2(C)[C@H]2CC[C@]3(C)[C@@H](C(C)=O)CC[C@H]3[C@H]12.N#Cc1cn[nH]c1. The second kappa shape index (κ2) is 31.0. The third kappa shape index (κ3) is 15.0. The number of ether oxygens (including phenoxy) is 3. The molecule has 0 bridgehead atoms. The number of ketones is 3. The minimum Gasteiger partial charge on any atom is -0.400 e. The Labute approximate surface area is 604 Å². The van der Waals surface area contributed by atoms with Gasteiger partial charge in [-0.1, -0.05) is 64.9 Å². The largest absolute Gasteiger partial charge is 0.400 e. The maximum absolute atomic E-state index is 13.5. The molecule has 17 heteroatoms. The molecule has 16 nitrogen and oxygen atoms in total. The number of Topliss-reactive ketones (excluding diaryl/α,β-unsaturated/α-hetero) is 3. The van der Waals surface area contributed by atoms with E-state index >= 15 is 0 Å². The van der Waals surface area contributed by atoms with Crippen LogP contribution in [0.1, 0.15) is 242 Å². The Bertz CT molecular complexity index is 3160. The summed E-state index contributed by atoms with van der Waals surface area (Å²) >= 11 is 3.44. The highest BCUT2D eigenvalue weighted by atomic mass is 79.9. The van der Waals surface area contributed by atoms with Crippen molar-refractivity contribution in [3.05, 3.63) is 35.9 Å². The van der Waals surface area contributed by atoms with E-state index in [9.17, 15) is 29.7 Å². The number of nitriles is 2. The summed E-state index contributed by atoms with van der Waals surface area (Å²) in [5.74, 6) is 11.0. The number of nitrogens with one attached hydrogen (secondary N) is 1. The summed E-state index contributed by atoms with van der Waals surface area (Å²) < 4.78 is 18.9. The number of halogens is 1. The van der Waals surface area contributed by atoms with Gasteiger partial charge in [-0.25, -0.2) is 0 Å². The van der Waals surface area contributed by atoms with E-state index < -0.39 is 16.8 Å². The molecule has 12 aliphatic carbocycles. The molecule has 5 N–H and O–H groups in total. The minimum atomic E-state index is -0.541. The maximum Gasteiger partial charge on any atom is 0.157 e. The van der Waals surface area contributed by atoms with E-state index in [1.807, 2.05) is 55.1 Å². The molecule has 0 aliphatic heterocycles. The van der Waals surface area contributed by atoms with Crippen molar-refractivity contribution in [3.63, 3.8) is 0 Å². The molecule has 0 amide bonds. The first-order chi connectivity index (χ1) is 46.3. The molecule has 556 valence electrons. The van der Waals surface area contributed by atoms with E-state index in [-0.39, 0.29) is 59.2 Å². The van der Waals surface area contributed by atoms with Crippen LogP contribution in [-0.4, -0.2) is 128 Å². The number of alkyl halides is 1. The number of fused-ring (bicyclic) bond motifs is 15. The van der Waals surface area contributed by atoms with Crippen LogP contribution in [0.3, 0.4) is 0 Å². The number of aliphatic hydroxyl groups excluding tert-OH is 1. The fourth-order valence-corrected chi connectivity index (χ4v) is 27.3. The number of aliphatic hydroxyl groups is 4. The van der Waals surface area contributed by atoms with Crippen molar-refractivity contribution in [2.75, 3.05) is 53.6 Å². The van der Waals surface area contributed by atoms with Crippen LogP contribution in [0.4, 0.5) is 0 Å². The number of H-pyrrole nitrogens is 1. The molecule has 27 atom stereocenters. The van der Waals surface area contributed by atoms with E-state index in [0.717, 1.165) is 135 Å². The van der Waals surface area contributed by atoms with Crippen LogP contribution in [0, 0.1) is 162 Å². The van der Waals surface area contributed by atoms with Crippen LogP contribution in [0.15, 0.2) is 24.8 Å². The van der Waals surface area contributed by atoms with Crippen LogP contribution < -0.4 is 0 Å². The molecular weight excluding hydrogens is 1310 g/mol. The second-order valence-electron chi connectivity index (χ2n) is 36.8. The van der Waals surface area contributed by atoms with E-state index in [2.05, 4.69) is 78.8 Å². The van der Waals surface area contributed by atoms with Gasteiger partial charge in [0.1, 0.15) is 23.7 Å². The van der Waals surface area contributed by atoms with Crippen molar-refractivity contribution in [1.82, 2.24) is 20.0 Å². The fraction of sp³-hybridized carbons (Fsp3) is 0.866. The molecule has 12 aliphatic rings. The first-order valence-electron chi connectivity index (χ1n) is 38.3. The first kappa shape index (κ1) is 79.7. The van der Waals surface area contributed by atoms with Gasteiger partial charge in [0.05, 0.1) is 52.2 Å². The average molecular weight is 1440 g/mol. The lowest BCUT2D eigenvalue weighted by Gasteiger charge is -2.64. The van der Waals surface area contributed by atoms with Gasteiger partial charge < -0.3 is 34.6 Å². The van der Waals surface area contributed by atoms with Crippen LogP contribution in [0.5, 0.6) is 0 Å². The minimum absolute atomic E-state index is 0. The van der Waals surface area contributed by atoms with Crippen molar-refractivity contribution in [2.45, 2.75) is 254 Å². The number of rotatable bonds is 12. The van der Waals surface area contributed by atoms with Gasteiger partial charge in [-0.15, -0.1) is 0 Å². The summed E-state index contributed by atoms with van der Waals surface area (Å²) in [6, 6.07) is 4.01. The Kier molecular flexibility index (Phi) is 24.9. The van der Waals surface area contributed by atoms with Crippen LogP contribution in [-0.2, 0) is 35.1 Å². The fourth-order valence-electron chi connectivity index (χ4n) is 26.9. The topological polar surface area (TPSA) is 254 Å². The molecule has 0 spiro atoms. The lowest BCUT2D eigenvalue weighted by molar-refractivity contribution is -0.175. The molecule has 14 rings (SSSR count). The Balaban J connectivity index is 0.000000163. The smallest absolute Gasteiger partial charge is 0.157 e. The Morgan fingerprint density at radius 3 is 1.19 bits per heavy atom. The summed E-state index contributed by atoms with van der Waals surface area (Å²) in [6.07, 6.45) is 32.6. The number of aromatic amines is 1. The molecule has 12 saturated carbocycles. The first-order valence-corrected chi connectivity index (χ1v) is 39.5. The van der Waals surface area contributed by atoms with Crippen LogP contribution >= 0.6 is 15.9 Å². The monoisotopic (exact) mass is 1440 g/mol. The second-order valence-corrected chi connectivity index (χ2v) is 37.3. The zero-order valence-corrected chi connectivity index (χ0v) is 64.1. The van der Waals surface area contributed by atoms with Gasteiger partial charge in [0.2, 0.25) is 0 Å². The van der Waals surface area contributed by atoms with E-state index in [4.69, 9.17) is 29.8 Å². The molecule has 2 aromatic rings. The Hall–Kier alpha value is -3.39. The van der Waals surface area contributed by atoms with E-state index in [1.165, 1.54) is 70.2 Å². The molecule has 0 unspecified atom stereocenters. The number of methoxy groups -OCH3 is 3. The number of aromatic nitrogens is 4. The highest BCUT2D eigenvalue weighted by Crippen LogP contribution is 2.73. The number of carbonyl (C=O) groups excluding carboxylic acids is 3. The third-order valence-electron chi connectivity index (χ3n) is 31.6. The zero-order chi connectivity index (χ0) is 71.3. The summed E-state index contributed by atoms with van der Waals surface area (Å²) in [6.45, 7) is 25.5. The van der Waals surface area contributed by atoms with Crippen molar-refractivity contribution in [3.8, 4) is 12.1 Å². The van der Waals surface area contributed by atoms with E-state index in [0.29, 0.717) is 116 Å². The van der Waals surface area contributed by atoms with Crippen molar-refractivity contribution < 1.29 is 49.0 Å². The molecule has 12 fully saturated rings. The highest BCUT2D eigenvalue weighted by Gasteiger charge is 2.68. The Morgan fingerprint density at radius 2 is 0.879 bits per heavy atom. The summed E-state index contributed by atoms with van der Waals surface area (Å²) in [5.41, 5.74) is 0.904. The van der Waals surface area contributed by atoms with Gasteiger partial charge in [0, 0.05) is 78.4 Å². The average Bonchev–Trinajstić information content (AvgIpc) is 1.71. The number of carbonyl (C=O) groups is 3. The van der Waals surface area contributed by atoms with E-state index in [1.54, 1.807) is 17.1 Å². The highest BCUT2D eigenvalue weighted by molar-refractivity contribution is 9.09. The van der Waals surface area contributed by atoms with Gasteiger partial charge in [0.15, 0.2) is 5.78 Å². The van der Waals surface area contributed by atoms with Gasteiger partial charge in [-0.05, 0) is 303 Å². The molecule has 0 radical (unpaired) electrons. The maximum atomic E-state index is 13.5. The Morgan fingerprint density at radius 1 is 0.525 bits per heavy atom. The molecule has 0 saturated heterocycles. The van der Waals surface area contributed by atoms with Gasteiger partial charge in [-0.2, -0.15) is 20.7 Å². The van der Waals surface area contributed by atoms with Crippen molar-refractivity contribution in [1.29, 1.82) is 10.5 Å². The molecule has 0 aromatic carbocycles. The van der Waals surface area contributed by atoms with Crippen molar-refractivity contribution in [2.24, 2.45) is 139 Å². The lowest BCUT2D eigenvalue weighted by Crippen LogP contribution is -2.59. The van der Waals surface area contributed by atoms with Crippen molar-refractivity contribution >= 4 is 33.3 Å². The third-order valence-corrected chi connectivity index (χ3v) is 32.2. The normalized spacial score (nSPS) is 46.3. The standard InChI is InChI=1S/C28H41N3O3.C24H39BrO3.C24H40O3.C4H3N3.CH4O.CH4/c1-26(33)9-10-27(2)20(12-26)11-19(17-34-4)25-22-6-5-21(28(22,3)8-7-23(25)27)24(32)16-31-15-18(13-29)14-30-31;1-22(27)9-10-23(2)16(12-22)11-15(14-28-4)21-18-6-5-17(20(26)13-25)24(18,3)8-7-19(21)23;1-15(25)18-6-7-19-21-16(14-27-5)12-17-13-22(2,26)10-11-23(17,3)20(21)8-9-24(18,19)4;5-1-4-2-6-7-3-4;1-2;/h14-15,19-23,25,33H,5-12,16-17H2,1-4H3;15-19,21,27H,5-14H2,1-4H3;16-21,26H,6-14H2,1-5H3;2-3H,(H,6,7);2H,1H3;1H4/t19-,20+,21-,22+,23+,25+,26-,27+,28-;15-,16+,17-,18+,19+,21+,22-,23+,24-;16-,17+,18-,19+,20+,21+,22-,23+,24-;;;/m111.../s1. The molecule has 2 heterocycles. The summed E-state index contributed by atoms with van der Waals surface area (Å²) in [4.78, 5) is 38.6. The van der Waals surface area contributed by atoms with Crippen LogP contribution in [0.2, 0.25) is 0 Å². The van der Waals surface area contributed by atoms with Gasteiger partial charge >= 0.3 is 0 Å². The number of hydrogen-bond donors (Lipinski definition) is 5.